The Morgan fingerprint density at radius 3 is 1.88 bits per heavy atom. The molecular formula is C24H44N2. The number of hydrogen-bond donors (Lipinski definition) is 0. The maximum Gasteiger partial charge on any atom is 0.0340 e. The Hall–Kier alpha value is -1.18. The fourth-order valence-corrected chi connectivity index (χ4v) is 3.33. The summed E-state index contributed by atoms with van der Waals surface area (Å²) in [5, 5.41) is 0. The average molecular weight is 361 g/mol. The second kappa shape index (κ2) is 13.1. The van der Waals surface area contributed by atoms with Crippen LogP contribution < -0.4 is 0 Å². The molecule has 0 N–H and O–H groups in total. The highest BCUT2D eigenvalue weighted by Crippen LogP contribution is 2.31. The molecule has 26 heavy (non-hydrogen) atoms. The van der Waals surface area contributed by atoms with E-state index in [2.05, 4.69) is 57.8 Å². The number of unbranched alkanes of at least 4 members (excludes halogenated alkanes) is 2. The van der Waals surface area contributed by atoms with E-state index >= 15 is 0 Å². The van der Waals surface area contributed by atoms with E-state index in [-0.39, 0.29) is 0 Å². The third-order valence-corrected chi connectivity index (χ3v) is 5.67. The Bertz CT molecular complexity index is 494. The van der Waals surface area contributed by atoms with Crippen molar-refractivity contribution < 1.29 is 0 Å². The van der Waals surface area contributed by atoms with Gasteiger partial charge in [0.05, 0.1) is 0 Å². The maximum atomic E-state index is 4.24. The lowest BCUT2D eigenvalue weighted by atomic mass is 9.81. The molecule has 1 atom stereocenters. The molecule has 0 aliphatic carbocycles. The Morgan fingerprint density at radius 2 is 1.35 bits per heavy atom. The van der Waals surface area contributed by atoms with Crippen LogP contribution in [0.25, 0.3) is 0 Å². The molecule has 0 aromatic rings. The molecule has 0 radical (unpaired) electrons. The van der Waals surface area contributed by atoms with Crippen LogP contribution in [-0.4, -0.2) is 25.5 Å². The number of hydrogen-bond acceptors (Lipinski definition) is 2. The van der Waals surface area contributed by atoms with Crippen LogP contribution in [-0.2, 0) is 0 Å². The van der Waals surface area contributed by atoms with Gasteiger partial charge in [0.25, 0.3) is 0 Å². The van der Waals surface area contributed by atoms with Crippen molar-refractivity contribution in [3.05, 3.63) is 24.3 Å². The van der Waals surface area contributed by atoms with Gasteiger partial charge in [-0.2, -0.15) is 0 Å². The van der Waals surface area contributed by atoms with Crippen LogP contribution in [0.2, 0.25) is 0 Å². The van der Waals surface area contributed by atoms with Crippen LogP contribution >= 0.6 is 0 Å². The Labute approximate surface area is 164 Å². The van der Waals surface area contributed by atoms with Gasteiger partial charge in [-0.25, -0.2) is 0 Å². The van der Waals surface area contributed by atoms with Crippen molar-refractivity contribution in [2.75, 3.05) is 14.1 Å². The minimum atomic E-state index is 0.452. The molecule has 0 heterocycles. The predicted octanol–water partition coefficient (Wildman–Crippen LogP) is 7.45. The van der Waals surface area contributed by atoms with Gasteiger partial charge in [-0.15, -0.1) is 0 Å². The van der Waals surface area contributed by atoms with Crippen molar-refractivity contribution in [2.24, 2.45) is 21.3 Å². The standard InChI is InChI=1S/C24H44N2/c1-19(18-21(3)23(5)26-9)14-10-12-16-24(6,7)17-13-11-15-20(2)22(4)25-8/h19H,2-3,10-18H2,1,4-9H3/t19-/m0/s1. The van der Waals surface area contributed by atoms with E-state index in [9.17, 15) is 0 Å². The zero-order valence-corrected chi connectivity index (χ0v) is 18.7. The molecule has 0 aromatic carbocycles. The van der Waals surface area contributed by atoms with E-state index < -0.39 is 0 Å². The van der Waals surface area contributed by atoms with Crippen molar-refractivity contribution in [3.63, 3.8) is 0 Å². The van der Waals surface area contributed by atoms with Crippen LogP contribution in [0.4, 0.5) is 0 Å². The lowest BCUT2D eigenvalue weighted by Crippen LogP contribution is -2.11. The summed E-state index contributed by atoms with van der Waals surface area (Å²) in [5.74, 6) is 0.705. The van der Waals surface area contributed by atoms with Crippen LogP contribution in [0, 0.1) is 11.3 Å². The third kappa shape index (κ3) is 11.4. The van der Waals surface area contributed by atoms with E-state index in [1.165, 1.54) is 56.1 Å². The quantitative estimate of drug-likeness (QED) is 0.227. The monoisotopic (exact) mass is 360 g/mol. The summed E-state index contributed by atoms with van der Waals surface area (Å²) in [6.45, 7) is 19.6. The molecule has 0 amide bonds. The summed E-state index contributed by atoms with van der Waals surface area (Å²) in [7, 11) is 3.70. The normalized spacial score (nSPS) is 14.4. The van der Waals surface area contributed by atoms with E-state index in [0.29, 0.717) is 11.3 Å². The molecule has 0 aliphatic heterocycles. The first-order valence-electron chi connectivity index (χ1n) is 10.4. The minimum Gasteiger partial charge on any atom is -0.293 e. The lowest BCUT2D eigenvalue weighted by Gasteiger charge is -2.25. The van der Waals surface area contributed by atoms with Gasteiger partial charge in [0, 0.05) is 25.5 Å². The third-order valence-electron chi connectivity index (χ3n) is 5.67. The van der Waals surface area contributed by atoms with Gasteiger partial charge in [0.1, 0.15) is 0 Å². The largest absolute Gasteiger partial charge is 0.293 e. The highest BCUT2D eigenvalue weighted by molar-refractivity contribution is 5.97. The minimum absolute atomic E-state index is 0.452. The van der Waals surface area contributed by atoms with E-state index in [4.69, 9.17) is 0 Å². The fraction of sp³-hybridized carbons (Fsp3) is 0.750. The smallest absolute Gasteiger partial charge is 0.0340 e. The van der Waals surface area contributed by atoms with Gasteiger partial charge < -0.3 is 0 Å². The van der Waals surface area contributed by atoms with Crippen LogP contribution in [0.1, 0.15) is 92.4 Å². The Morgan fingerprint density at radius 1 is 0.846 bits per heavy atom. The van der Waals surface area contributed by atoms with Crippen molar-refractivity contribution >= 4 is 11.4 Å². The fourth-order valence-electron chi connectivity index (χ4n) is 3.33. The highest BCUT2D eigenvalue weighted by atomic mass is 14.7. The summed E-state index contributed by atoms with van der Waals surface area (Å²) in [4.78, 5) is 8.45. The van der Waals surface area contributed by atoms with Crippen LogP contribution in [0.15, 0.2) is 34.3 Å². The lowest BCUT2D eigenvalue weighted by molar-refractivity contribution is 0.281. The number of rotatable bonds is 14. The molecule has 2 nitrogen and oxygen atoms in total. The van der Waals surface area contributed by atoms with E-state index in [1.807, 2.05) is 14.1 Å². The maximum absolute atomic E-state index is 4.24. The molecule has 0 unspecified atom stereocenters. The molecule has 0 saturated heterocycles. The molecule has 0 aromatic heterocycles. The molecule has 150 valence electrons. The Balaban J connectivity index is 3.93. The number of allylic oxidation sites excluding steroid dienone is 2. The molecule has 0 fully saturated rings. The average Bonchev–Trinajstić information content (AvgIpc) is 2.60. The van der Waals surface area contributed by atoms with Gasteiger partial charge in [-0.05, 0) is 68.4 Å². The van der Waals surface area contributed by atoms with Crippen molar-refractivity contribution in [1.82, 2.24) is 0 Å². The van der Waals surface area contributed by atoms with Crippen molar-refractivity contribution in [3.8, 4) is 0 Å². The molecule has 0 spiro atoms. The van der Waals surface area contributed by atoms with Gasteiger partial charge in [-0.3, -0.25) is 9.98 Å². The summed E-state index contributed by atoms with van der Waals surface area (Å²) in [5.41, 5.74) is 5.05. The van der Waals surface area contributed by atoms with Crippen molar-refractivity contribution in [2.45, 2.75) is 92.4 Å². The molecule has 0 aliphatic rings. The Kier molecular flexibility index (Phi) is 12.5. The second-order valence-electron chi connectivity index (χ2n) is 8.75. The summed E-state index contributed by atoms with van der Waals surface area (Å²) >= 11 is 0. The summed E-state index contributed by atoms with van der Waals surface area (Å²) in [6.07, 6.45) is 11.3. The first kappa shape index (κ1) is 24.8. The zero-order chi connectivity index (χ0) is 20.2. The van der Waals surface area contributed by atoms with E-state index in [0.717, 1.165) is 24.3 Å². The highest BCUT2D eigenvalue weighted by Gasteiger charge is 2.17. The number of nitrogens with zero attached hydrogens (tertiary/aromatic N) is 2. The van der Waals surface area contributed by atoms with Gasteiger partial charge in [0.15, 0.2) is 0 Å². The molecule has 0 bridgehead atoms. The number of aliphatic imine (C=N–C) groups is 2. The van der Waals surface area contributed by atoms with Gasteiger partial charge in [0.2, 0.25) is 0 Å². The molecular weight excluding hydrogens is 316 g/mol. The molecule has 0 saturated carbocycles. The topological polar surface area (TPSA) is 24.7 Å². The first-order valence-corrected chi connectivity index (χ1v) is 10.4. The van der Waals surface area contributed by atoms with E-state index in [1.54, 1.807) is 0 Å². The molecule has 2 heteroatoms. The summed E-state index contributed by atoms with van der Waals surface area (Å²) < 4.78 is 0. The van der Waals surface area contributed by atoms with Gasteiger partial charge >= 0.3 is 0 Å². The van der Waals surface area contributed by atoms with Crippen LogP contribution in [0.3, 0.4) is 0 Å². The van der Waals surface area contributed by atoms with Gasteiger partial charge in [-0.1, -0.05) is 59.6 Å². The summed E-state index contributed by atoms with van der Waals surface area (Å²) in [6, 6.07) is 0. The second-order valence-corrected chi connectivity index (χ2v) is 8.75. The molecule has 0 rings (SSSR count). The predicted molar refractivity (Wildman–Crippen MR) is 121 cm³/mol. The van der Waals surface area contributed by atoms with Crippen LogP contribution in [0.5, 0.6) is 0 Å². The zero-order valence-electron chi connectivity index (χ0n) is 18.7. The first-order chi connectivity index (χ1) is 12.1. The SMILES string of the molecule is C=C(CCCCC(C)(C)CCCC[C@H](C)CC(=C)C(C)=NC)C(C)=NC. The van der Waals surface area contributed by atoms with Crippen molar-refractivity contribution in [1.29, 1.82) is 0 Å².